The number of thioether (sulfide) groups is 1. The van der Waals surface area contributed by atoms with Crippen LogP contribution in [0.25, 0.3) is 0 Å². The normalized spacial score (nSPS) is 17.9. The van der Waals surface area contributed by atoms with Gasteiger partial charge in [0, 0.05) is 17.1 Å². The molecular formula is C14H12F3N3O3S. The number of nitrogens with one attached hydrogen (secondary N) is 1. The first-order chi connectivity index (χ1) is 11.4. The fourth-order valence-corrected chi connectivity index (χ4v) is 2.79. The lowest BCUT2D eigenvalue weighted by molar-refractivity contribution is -0.0328. The highest BCUT2D eigenvalue weighted by Gasteiger charge is 2.29. The molecule has 0 bridgehead atoms. The van der Waals surface area contributed by atoms with Crippen LogP contribution in [0.2, 0.25) is 0 Å². The van der Waals surface area contributed by atoms with E-state index in [1.54, 1.807) is 0 Å². The van der Waals surface area contributed by atoms with Crippen LogP contribution >= 0.6 is 11.8 Å². The van der Waals surface area contributed by atoms with Crippen molar-refractivity contribution in [2.75, 3.05) is 11.9 Å². The smallest absolute Gasteiger partial charge is 0.405 e. The van der Waals surface area contributed by atoms with Gasteiger partial charge in [0.25, 0.3) is 5.91 Å². The minimum atomic E-state index is -4.42. The van der Waals surface area contributed by atoms with Gasteiger partial charge < -0.3 is 9.15 Å². The van der Waals surface area contributed by atoms with Crippen molar-refractivity contribution in [3.05, 3.63) is 35.7 Å². The average molecular weight is 359 g/mol. The molecule has 2 aromatic rings. The van der Waals surface area contributed by atoms with Crippen LogP contribution in [0.15, 0.2) is 33.6 Å². The highest BCUT2D eigenvalue weighted by molar-refractivity contribution is 8.00. The second-order valence-corrected chi connectivity index (χ2v) is 6.12. The van der Waals surface area contributed by atoms with Crippen LogP contribution in [0.3, 0.4) is 0 Å². The Labute approximate surface area is 138 Å². The molecule has 1 amide bonds. The molecule has 1 aliphatic heterocycles. The van der Waals surface area contributed by atoms with Crippen LogP contribution in [-0.2, 0) is 4.74 Å². The van der Waals surface area contributed by atoms with Crippen molar-refractivity contribution in [2.24, 2.45) is 0 Å². The number of anilines is 1. The van der Waals surface area contributed by atoms with Gasteiger partial charge in [-0.3, -0.25) is 10.1 Å². The number of benzene rings is 1. The van der Waals surface area contributed by atoms with Crippen molar-refractivity contribution < 1.29 is 27.1 Å². The molecule has 128 valence electrons. The number of alkyl halides is 3. The van der Waals surface area contributed by atoms with Crippen molar-refractivity contribution in [2.45, 2.75) is 29.3 Å². The lowest BCUT2D eigenvalue weighted by Gasteiger charge is -2.07. The number of hydrogen-bond donors (Lipinski definition) is 1. The summed E-state index contributed by atoms with van der Waals surface area (Å²) in [6, 6.07) is 5.06. The van der Waals surface area contributed by atoms with Gasteiger partial charge in [-0.1, -0.05) is 11.2 Å². The van der Waals surface area contributed by atoms with Gasteiger partial charge in [0.1, 0.15) is 6.10 Å². The third kappa shape index (κ3) is 4.26. The van der Waals surface area contributed by atoms with E-state index in [0.717, 1.165) is 18.9 Å². The molecule has 1 aliphatic rings. The highest BCUT2D eigenvalue weighted by atomic mass is 32.2. The number of aromatic nitrogens is 2. The number of carbonyl (C=O) groups excluding carboxylic acids is 1. The Hall–Kier alpha value is -2.07. The van der Waals surface area contributed by atoms with Gasteiger partial charge in [0.05, 0.1) is 0 Å². The van der Waals surface area contributed by atoms with E-state index in [9.17, 15) is 18.0 Å². The molecule has 0 saturated carbocycles. The van der Waals surface area contributed by atoms with Gasteiger partial charge in [0.15, 0.2) is 0 Å². The van der Waals surface area contributed by atoms with E-state index in [4.69, 9.17) is 9.15 Å². The molecular weight excluding hydrogens is 347 g/mol. The maximum Gasteiger partial charge on any atom is 0.446 e. The average Bonchev–Trinajstić information content (AvgIpc) is 3.16. The number of amides is 1. The van der Waals surface area contributed by atoms with Crippen molar-refractivity contribution in [1.82, 2.24) is 10.2 Å². The van der Waals surface area contributed by atoms with E-state index in [1.165, 1.54) is 18.2 Å². The molecule has 0 spiro atoms. The molecule has 1 aromatic heterocycles. The third-order valence-electron chi connectivity index (χ3n) is 3.20. The maximum atomic E-state index is 12.4. The first kappa shape index (κ1) is 16.8. The molecule has 0 radical (unpaired) electrons. The van der Waals surface area contributed by atoms with Gasteiger partial charge >= 0.3 is 11.5 Å². The largest absolute Gasteiger partial charge is 0.446 e. The summed E-state index contributed by atoms with van der Waals surface area (Å²) in [5.74, 6) is -0.369. The van der Waals surface area contributed by atoms with Crippen molar-refractivity contribution >= 4 is 23.7 Å². The predicted molar refractivity (Wildman–Crippen MR) is 78.5 cm³/mol. The fourth-order valence-electron chi connectivity index (χ4n) is 2.19. The molecule has 24 heavy (non-hydrogen) atoms. The number of halogens is 3. The minimum Gasteiger partial charge on any atom is -0.405 e. The van der Waals surface area contributed by atoms with Gasteiger partial charge in [-0.05, 0) is 42.8 Å². The molecule has 1 unspecified atom stereocenters. The first-order valence-electron chi connectivity index (χ1n) is 7.03. The molecule has 0 aliphatic carbocycles. The number of ether oxygens (including phenoxy) is 1. The Morgan fingerprint density at radius 2 is 2.17 bits per heavy atom. The lowest BCUT2D eigenvalue weighted by Crippen LogP contribution is -2.12. The summed E-state index contributed by atoms with van der Waals surface area (Å²) in [7, 11) is 0. The van der Waals surface area contributed by atoms with Crippen molar-refractivity contribution in [3.63, 3.8) is 0 Å². The monoisotopic (exact) mass is 359 g/mol. The SMILES string of the molecule is O=C(Nc1nnc(C2CCCO2)o1)c1cccc(SC(F)(F)F)c1. The molecule has 1 atom stereocenters. The standard InChI is InChI=1S/C14H12F3N3O3S/c15-14(16,17)24-9-4-1-3-8(7-9)11(21)18-13-20-19-12(23-13)10-5-2-6-22-10/h1,3-4,7,10H,2,5-6H2,(H,18,20,21). The summed E-state index contributed by atoms with van der Waals surface area (Å²) in [5, 5.41) is 9.86. The summed E-state index contributed by atoms with van der Waals surface area (Å²) in [4.78, 5) is 12.0. The van der Waals surface area contributed by atoms with E-state index < -0.39 is 11.4 Å². The van der Waals surface area contributed by atoms with E-state index >= 15 is 0 Å². The van der Waals surface area contributed by atoms with Gasteiger partial charge in [-0.15, -0.1) is 5.10 Å². The Kier molecular flexibility index (Phi) is 4.76. The fraction of sp³-hybridized carbons (Fsp3) is 0.357. The van der Waals surface area contributed by atoms with Crippen molar-refractivity contribution in [3.8, 4) is 0 Å². The summed E-state index contributed by atoms with van der Waals surface area (Å²) in [6.07, 6.45) is 1.36. The second-order valence-electron chi connectivity index (χ2n) is 4.98. The zero-order chi connectivity index (χ0) is 17.2. The Morgan fingerprint density at radius 1 is 1.33 bits per heavy atom. The van der Waals surface area contributed by atoms with Crippen molar-refractivity contribution in [1.29, 1.82) is 0 Å². The molecule has 6 nitrogen and oxygen atoms in total. The van der Waals surface area contributed by atoms with Crippen LogP contribution in [-0.4, -0.2) is 28.2 Å². The number of nitrogens with zero attached hydrogens (tertiary/aromatic N) is 2. The van der Waals surface area contributed by atoms with Crippen LogP contribution in [0.1, 0.15) is 35.2 Å². The topological polar surface area (TPSA) is 77.2 Å². The molecule has 1 saturated heterocycles. The highest BCUT2D eigenvalue weighted by Crippen LogP contribution is 2.37. The third-order valence-corrected chi connectivity index (χ3v) is 3.92. The number of rotatable bonds is 4. The zero-order valence-electron chi connectivity index (χ0n) is 12.2. The molecule has 10 heteroatoms. The van der Waals surface area contributed by atoms with E-state index in [-0.39, 0.29) is 40.2 Å². The van der Waals surface area contributed by atoms with Crippen LogP contribution < -0.4 is 5.32 Å². The summed E-state index contributed by atoms with van der Waals surface area (Å²) < 4.78 is 47.9. The zero-order valence-corrected chi connectivity index (χ0v) is 13.0. The van der Waals surface area contributed by atoms with E-state index in [2.05, 4.69) is 15.5 Å². The van der Waals surface area contributed by atoms with Gasteiger partial charge in [-0.25, -0.2) is 0 Å². The minimum absolute atomic E-state index is 0.0566. The van der Waals surface area contributed by atoms with Gasteiger partial charge in [-0.2, -0.15) is 13.2 Å². The maximum absolute atomic E-state index is 12.4. The lowest BCUT2D eigenvalue weighted by atomic mass is 10.2. The van der Waals surface area contributed by atoms with Gasteiger partial charge in [0.2, 0.25) is 5.89 Å². The Morgan fingerprint density at radius 3 is 2.88 bits per heavy atom. The van der Waals surface area contributed by atoms with E-state index in [0.29, 0.717) is 6.61 Å². The predicted octanol–water partition coefficient (Wildman–Crippen LogP) is 3.79. The Bertz CT molecular complexity index is 729. The van der Waals surface area contributed by atoms with Crippen LogP contribution in [0, 0.1) is 0 Å². The van der Waals surface area contributed by atoms with Crippen LogP contribution in [0.5, 0.6) is 0 Å². The first-order valence-corrected chi connectivity index (χ1v) is 7.84. The van der Waals surface area contributed by atoms with E-state index in [1.807, 2.05) is 0 Å². The summed E-state index contributed by atoms with van der Waals surface area (Å²) >= 11 is -0.288. The second kappa shape index (κ2) is 6.81. The van der Waals surface area contributed by atoms with Crippen LogP contribution in [0.4, 0.5) is 19.2 Å². The summed E-state index contributed by atoms with van der Waals surface area (Å²) in [5.41, 5.74) is -4.36. The summed E-state index contributed by atoms with van der Waals surface area (Å²) in [6.45, 7) is 0.610. The molecule has 1 fully saturated rings. The molecule has 1 N–H and O–H groups in total. The molecule has 2 heterocycles. The molecule has 1 aromatic carbocycles. The quantitative estimate of drug-likeness (QED) is 0.837. The Balaban J connectivity index is 1.67. The number of carbonyl (C=O) groups is 1. The molecule has 3 rings (SSSR count). The number of hydrogen-bond acceptors (Lipinski definition) is 6.